The van der Waals surface area contributed by atoms with Crippen LogP contribution in [0.2, 0.25) is 0 Å². The first-order valence-electron chi connectivity index (χ1n) is 8.58. The standard InChI is InChI=1S/C17H25N5O2S/c1-11-12(2)18-17(25-4)19-16(11)23-10-14-5-7-22(8-6-14)9-15-21-20-13(3)24-15/h14H,5-10H2,1-4H3. The molecule has 2 aromatic heterocycles. The van der Waals surface area contributed by atoms with Gasteiger partial charge >= 0.3 is 0 Å². The maximum absolute atomic E-state index is 6.03. The van der Waals surface area contributed by atoms with E-state index in [9.17, 15) is 0 Å². The van der Waals surface area contributed by atoms with E-state index in [1.807, 2.05) is 27.0 Å². The number of nitrogens with zero attached hydrogens (tertiary/aromatic N) is 5. The van der Waals surface area contributed by atoms with Crippen LogP contribution in [0.25, 0.3) is 0 Å². The molecule has 0 aliphatic carbocycles. The van der Waals surface area contributed by atoms with Gasteiger partial charge in [0.1, 0.15) is 0 Å². The maximum atomic E-state index is 6.03. The lowest BCUT2D eigenvalue weighted by Gasteiger charge is -2.30. The Hall–Kier alpha value is -1.67. The maximum Gasteiger partial charge on any atom is 0.230 e. The third kappa shape index (κ3) is 4.70. The zero-order chi connectivity index (χ0) is 17.8. The molecular formula is C17H25N5O2S. The van der Waals surface area contributed by atoms with Gasteiger partial charge in [0, 0.05) is 18.2 Å². The third-order valence-corrected chi connectivity index (χ3v) is 5.14. The highest BCUT2D eigenvalue weighted by molar-refractivity contribution is 7.98. The summed E-state index contributed by atoms with van der Waals surface area (Å²) < 4.78 is 11.5. The van der Waals surface area contributed by atoms with Crippen molar-refractivity contribution >= 4 is 11.8 Å². The molecule has 0 spiro atoms. The molecule has 8 heteroatoms. The number of rotatable bonds is 6. The van der Waals surface area contributed by atoms with Crippen LogP contribution in [0.4, 0.5) is 0 Å². The van der Waals surface area contributed by atoms with E-state index in [2.05, 4.69) is 25.1 Å². The summed E-state index contributed by atoms with van der Waals surface area (Å²) in [4.78, 5) is 11.3. The lowest BCUT2D eigenvalue weighted by Crippen LogP contribution is -2.35. The van der Waals surface area contributed by atoms with Crippen molar-refractivity contribution in [2.45, 2.75) is 45.3 Å². The Bertz CT molecular complexity index is 713. The van der Waals surface area contributed by atoms with Crippen molar-refractivity contribution in [1.29, 1.82) is 0 Å². The summed E-state index contributed by atoms with van der Waals surface area (Å²) >= 11 is 1.54. The van der Waals surface area contributed by atoms with Crippen LogP contribution < -0.4 is 4.74 Å². The Morgan fingerprint density at radius 1 is 1.16 bits per heavy atom. The van der Waals surface area contributed by atoms with E-state index in [0.717, 1.165) is 54.8 Å². The van der Waals surface area contributed by atoms with Crippen LogP contribution in [0.1, 0.15) is 35.9 Å². The van der Waals surface area contributed by atoms with E-state index < -0.39 is 0 Å². The number of aryl methyl sites for hydroxylation is 2. The molecular weight excluding hydrogens is 338 g/mol. The largest absolute Gasteiger partial charge is 0.477 e. The number of likely N-dealkylation sites (tertiary alicyclic amines) is 1. The quantitative estimate of drug-likeness (QED) is 0.573. The van der Waals surface area contributed by atoms with Gasteiger partial charge in [-0.15, -0.1) is 10.2 Å². The van der Waals surface area contributed by atoms with Gasteiger partial charge in [-0.3, -0.25) is 4.90 Å². The molecule has 1 aliphatic rings. The second kappa shape index (κ2) is 8.14. The molecule has 0 radical (unpaired) electrons. The second-order valence-corrected chi connectivity index (χ2v) is 7.24. The Kier molecular flexibility index (Phi) is 5.90. The van der Waals surface area contributed by atoms with Crippen molar-refractivity contribution in [1.82, 2.24) is 25.1 Å². The van der Waals surface area contributed by atoms with Gasteiger partial charge in [-0.2, -0.15) is 4.98 Å². The molecule has 0 unspecified atom stereocenters. The molecule has 2 aromatic rings. The van der Waals surface area contributed by atoms with E-state index in [1.54, 1.807) is 11.8 Å². The van der Waals surface area contributed by atoms with Gasteiger partial charge in [-0.25, -0.2) is 4.98 Å². The summed E-state index contributed by atoms with van der Waals surface area (Å²) in [5.74, 6) is 2.59. The van der Waals surface area contributed by atoms with Crippen LogP contribution in [0.15, 0.2) is 9.57 Å². The minimum absolute atomic E-state index is 0.549. The predicted octanol–water partition coefficient (Wildman–Crippen LogP) is 2.80. The molecule has 1 saturated heterocycles. The van der Waals surface area contributed by atoms with Gasteiger partial charge in [-0.1, -0.05) is 11.8 Å². The lowest BCUT2D eigenvalue weighted by atomic mass is 9.98. The molecule has 3 rings (SSSR count). The molecule has 7 nitrogen and oxygen atoms in total. The predicted molar refractivity (Wildman–Crippen MR) is 95.8 cm³/mol. The van der Waals surface area contributed by atoms with E-state index in [4.69, 9.17) is 9.15 Å². The van der Waals surface area contributed by atoms with Gasteiger partial charge in [-0.05, 0) is 52.0 Å². The smallest absolute Gasteiger partial charge is 0.230 e. The molecule has 25 heavy (non-hydrogen) atoms. The molecule has 0 N–H and O–H groups in total. The lowest BCUT2D eigenvalue weighted by molar-refractivity contribution is 0.126. The van der Waals surface area contributed by atoms with Gasteiger partial charge in [0.2, 0.25) is 17.7 Å². The van der Waals surface area contributed by atoms with Crippen LogP contribution in [0, 0.1) is 26.7 Å². The van der Waals surface area contributed by atoms with Crippen LogP contribution >= 0.6 is 11.8 Å². The number of thioether (sulfide) groups is 1. The SMILES string of the molecule is CSc1nc(C)c(C)c(OCC2CCN(Cc3nnc(C)o3)CC2)n1. The topological polar surface area (TPSA) is 77.2 Å². The van der Waals surface area contributed by atoms with Crippen molar-refractivity contribution in [2.75, 3.05) is 26.0 Å². The number of ether oxygens (including phenoxy) is 1. The minimum Gasteiger partial charge on any atom is -0.477 e. The highest BCUT2D eigenvalue weighted by atomic mass is 32.2. The molecule has 0 saturated carbocycles. The number of hydrogen-bond donors (Lipinski definition) is 0. The van der Waals surface area contributed by atoms with Crippen LogP contribution in [-0.4, -0.2) is 51.0 Å². The summed E-state index contributed by atoms with van der Waals surface area (Å²) in [7, 11) is 0. The van der Waals surface area contributed by atoms with E-state index in [1.165, 1.54) is 0 Å². The van der Waals surface area contributed by atoms with Gasteiger partial charge < -0.3 is 9.15 Å². The highest BCUT2D eigenvalue weighted by Crippen LogP contribution is 2.24. The average molecular weight is 363 g/mol. The van der Waals surface area contributed by atoms with E-state index >= 15 is 0 Å². The zero-order valence-corrected chi connectivity index (χ0v) is 16.1. The molecule has 0 bridgehead atoms. The average Bonchev–Trinajstić information content (AvgIpc) is 3.02. The molecule has 3 heterocycles. The monoisotopic (exact) mass is 363 g/mol. The summed E-state index contributed by atoms with van der Waals surface area (Å²) in [6.45, 7) is 9.32. The Morgan fingerprint density at radius 2 is 1.92 bits per heavy atom. The third-order valence-electron chi connectivity index (χ3n) is 4.60. The Balaban J connectivity index is 1.49. The fraction of sp³-hybridized carbons (Fsp3) is 0.647. The normalized spacial score (nSPS) is 16.3. The molecule has 1 aliphatic heterocycles. The van der Waals surface area contributed by atoms with Crippen LogP contribution in [0.3, 0.4) is 0 Å². The zero-order valence-electron chi connectivity index (χ0n) is 15.3. The minimum atomic E-state index is 0.549. The van der Waals surface area contributed by atoms with Crippen molar-refractivity contribution < 1.29 is 9.15 Å². The first kappa shape index (κ1) is 18.1. The molecule has 0 atom stereocenters. The van der Waals surface area contributed by atoms with Gasteiger partial charge in [0.15, 0.2) is 5.16 Å². The fourth-order valence-electron chi connectivity index (χ4n) is 2.91. The first-order valence-corrected chi connectivity index (χ1v) is 9.81. The van der Waals surface area contributed by atoms with Crippen LogP contribution in [-0.2, 0) is 6.54 Å². The number of piperidine rings is 1. The Labute approximate surface area is 152 Å². The second-order valence-electron chi connectivity index (χ2n) is 6.47. The number of hydrogen-bond acceptors (Lipinski definition) is 8. The molecule has 136 valence electrons. The van der Waals surface area contributed by atoms with Crippen molar-refractivity contribution in [3.63, 3.8) is 0 Å². The van der Waals surface area contributed by atoms with Gasteiger partial charge in [0.25, 0.3) is 0 Å². The van der Waals surface area contributed by atoms with Crippen molar-refractivity contribution in [2.24, 2.45) is 5.92 Å². The van der Waals surface area contributed by atoms with Crippen molar-refractivity contribution in [3.8, 4) is 5.88 Å². The van der Waals surface area contributed by atoms with Gasteiger partial charge in [0.05, 0.1) is 13.2 Å². The first-order chi connectivity index (χ1) is 12.0. The fourth-order valence-corrected chi connectivity index (χ4v) is 3.31. The summed E-state index contributed by atoms with van der Waals surface area (Å²) in [6.07, 6.45) is 4.19. The Morgan fingerprint density at radius 3 is 2.56 bits per heavy atom. The summed E-state index contributed by atoms with van der Waals surface area (Å²) in [5.41, 5.74) is 2.01. The summed E-state index contributed by atoms with van der Waals surface area (Å²) in [5, 5.41) is 8.72. The molecule has 1 fully saturated rings. The van der Waals surface area contributed by atoms with E-state index in [0.29, 0.717) is 24.3 Å². The summed E-state index contributed by atoms with van der Waals surface area (Å²) in [6, 6.07) is 0. The number of aromatic nitrogens is 4. The highest BCUT2D eigenvalue weighted by Gasteiger charge is 2.22. The van der Waals surface area contributed by atoms with Crippen molar-refractivity contribution in [3.05, 3.63) is 23.0 Å². The molecule has 0 amide bonds. The van der Waals surface area contributed by atoms with Crippen LogP contribution in [0.5, 0.6) is 5.88 Å². The van der Waals surface area contributed by atoms with E-state index in [-0.39, 0.29) is 0 Å². The molecule has 0 aromatic carbocycles.